The lowest BCUT2D eigenvalue weighted by molar-refractivity contribution is -0.120. The second-order valence-corrected chi connectivity index (χ2v) is 9.20. The first kappa shape index (κ1) is 21.2. The third-order valence-corrected chi connectivity index (χ3v) is 6.84. The number of para-hydroxylation sites is 1. The molecule has 0 unspecified atom stereocenters. The number of benzene rings is 2. The molecule has 2 aromatic rings. The second kappa shape index (κ2) is 9.31. The highest BCUT2D eigenvalue weighted by Gasteiger charge is 2.25. The van der Waals surface area contributed by atoms with E-state index in [-0.39, 0.29) is 34.0 Å². The third kappa shape index (κ3) is 5.09. The average Bonchev–Trinajstić information content (AvgIpc) is 3.20. The number of aryl methyl sites for hydroxylation is 1. The van der Waals surface area contributed by atoms with Gasteiger partial charge in [-0.3, -0.25) is 4.79 Å². The Balaban J connectivity index is 1.83. The van der Waals surface area contributed by atoms with Crippen LogP contribution in [0.2, 0.25) is 0 Å². The van der Waals surface area contributed by atoms with Gasteiger partial charge >= 0.3 is 0 Å². The molecule has 1 saturated carbocycles. The van der Waals surface area contributed by atoms with Crippen LogP contribution in [0.1, 0.15) is 38.2 Å². The number of hydrogen-bond acceptors (Lipinski definition) is 5. The maximum absolute atomic E-state index is 13.2. The lowest BCUT2D eigenvalue weighted by Crippen LogP contribution is -2.36. The van der Waals surface area contributed by atoms with Crippen molar-refractivity contribution in [3.63, 3.8) is 0 Å². The standard InChI is InChI=1S/C22H28N2O4S/c1-3-28-22-19(23-15-21(25)24-17-7-4-5-8-17)9-6-10-20(22)29(26,27)18-13-11-16(2)12-14-18/h6,9-14,17,23H,3-5,7-8,15H2,1-2H3,(H,24,25). The smallest absolute Gasteiger partial charge is 0.239 e. The monoisotopic (exact) mass is 416 g/mol. The molecule has 1 aliphatic carbocycles. The number of ether oxygens (including phenoxy) is 1. The van der Waals surface area contributed by atoms with Crippen LogP contribution in [0, 0.1) is 6.92 Å². The van der Waals surface area contributed by atoms with Gasteiger partial charge in [0.05, 0.1) is 23.7 Å². The van der Waals surface area contributed by atoms with Crippen LogP contribution in [-0.2, 0) is 14.6 Å². The van der Waals surface area contributed by atoms with Crippen LogP contribution >= 0.6 is 0 Å². The average molecular weight is 417 g/mol. The Hall–Kier alpha value is -2.54. The fraction of sp³-hybridized carbons (Fsp3) is 0.409. The molecule has 0 saturated heterocycles. The van der Waals surface area contributed by atoms with Crippen LogP contribution in [0.5, 0.6) is 5.75 Å². The molecule has 0 aromatic heterocycles. The fourth-order valence-corrected chi connectivity index (χ4v) is 4.95. The molecule has 156 valence electrons. The molecule has 1 fully saturated rings. The van der Waals surface area contributed by atoms with Crippen molar-refractivity contribution in [2.45, 2.75) is 55.4 Å². The van der Waals surface area contributed by atoms with E-state index in [1.54, 1.807) is 43.3 Å². The number of anilines is 1. The van der Waals surface area contributed by atoms with Gasteiger partial charge in [0.15, 0.2) is 5.75 Å². The van der Waals surface area contributed by atoms with Crippen molar-refractivity contribution >= 4 is 21.4 Å². The molecule has 0 heterocycles. The first-order valence-electron chi connectivity index (χ1n) is 10.0. The van der Waals surface area contributed by atoms with Crippen molar-refractivity contribution < 1.29 is 17.9 Å². The lowest BCUT2D eigenvalue weighted by atomic mass is 10.2. The van der Waals surface area contributed by atoms with E-state index >= 15 is 0 Å². The quantitative estimate of drug-likeness (QED) is 0.685. The molecule has 1 amide bonds. The molecule has 6 nitrogen and oxygen atoms in total. The molecule has 0 aliphatic heterocycles. The van der Waals surface area contributed by atoms with Gasteiger partial charge in [-0.15, -0.1) is 0 Å². The Morgan fingerprint density at radius 3 is 2.45 bits per heavy atom. The molecular weight excluding hydrogens is 388 g/mol. The molecule has 2 aromatic carbocycles. The van der Waals surface area contributed by atoms with E-state index in [1.807, 2.05) is 6.92 Å². The van der Waals surface area contributed by atoms with Crippen molar-refractivity contribution in [3.8, 4) is 5.75 Å². The summed E-state index contributed by atoms with van der Waals surface area (Å²) in [5.74, 6) is 0.135. The van der Waals surface area contributed by atoms with Gasteiger partial charge in [-0.05, 0) is 51.0 Å². The number of sulfone groups is 1. The van der Waals surface area contributed by atoms with Gasteiger partial charge < -0.3 is 15.4 Å². The molecule has 0 bridgehead atoms. The molecule has 0 radical (unpaired) electrons. The van der Waals surface area contributed by atoms with Gasteiger partial charge in [-0.25, -0.2) is 8.42 Å². The van der Waals surface area contributed by atoms with Crippen LogP contribution < -0.4 is 15.4 Å². The van der Waals surface area contributed by atoms with Crippen LogP contribution in [0.25, 0.3) is 0 Å². The Morgan fingerprint density at radius 1 is 1.10 bits per heavy atom. The first-order valence-corrected chi connectivity index (χ1v) is 11.5. The van der Waals surface area contributed by atoms with Gasteiger partial charge in [0.25, 0.3) is 0 Å². The highest BCUT2D eigenvalue weighted by atomic mass is 32.2. The van der Waals surface area contributed by atoms with Crippen molar-refractivity contribution in [1.29, 1.82) is 0 Å². The first-order chi connectivity index (χ1) is 13.9. The van der Waals surface area contributed by atoms with Crippen molar-refractivity contribution in [1.82, 2.24) is 5.32 Å². The summed E-state index contributed by atoms with van der Waals surface area (Å²) in [4.78, 5) is 12.5. The SMILES string of the molecule is CCOc1c(NCC(=O)NC2CCCC2)cccc1S(=O)(=O)c1ccc(C)cc1. The van der Waals surface area contributed by atoms with Crippen molar-refractivity contribution in [2.75, 3.05) is 18.5 Å². The van der Waals surface area contributed by atoms with E-state index < -0.39 is 9.84 Å². The van der Waals surface area contributed by atoms with Crippen molar-refractivity contribution in [2.24, 2.45) is 0 Å². The minimum Gasteiger partial charge on any atom is -0.490 e. The van der Waals surface area contributed by atoms with Gasteiger partial charge in [0.2, 0.25) is 15.7 Å². The van der Waals surface area contributed by atoms with Crippen LogP contribution in [-0.4, -0.2) is 33.5 Å². The summed E-state index contributed by atoms with van der Waals surface area (Å²) in [5.41, 5.74) is 1.47. The predicted octanol–water partition coefficient (Wildman–Crippen LogP) is 3.70. The van der Waals surface area contributed by atoms with E-state index in [0.717, 1.165) is 31.2 Å². The summed E-state index contributed by atoms with van der Waals surface area (Å²) in [6.45, 7) is 4.07. The highest BCUT2D eigenvalue weighted by Crippen LogP contribution is 2.35. The summed E-state index contributed by atoms with van der Waals surface area (Å²) < 4.78 is 32.0. The molecule has 3 rings (SSSR count). The Kier molecular flexibility index (Phi) is 6.79. The summed E-state index contributed by atoms with van der Waals surface area (Å²) in [5, 5.41) is 6.06. The van der Waals surface area contributed by atoms with E-state index in [9.17, 15) is 13.2 Å². The lowest BCUT2D eigenvalue weighted by Gasteiger charge is -2.17. The molecule has 2 N–H and O–H groups in total. The Morgan fingerprint density at radius 2 is 1.79 bits per heavy atom. The van der Waals surface area contributed by atoms with Crippen molar-refractivity contribution in [3.05, 3.63) is 48.0 Å². The van der Waals surface area contributed by atoms with Crippen LogP contribution in [0.3, 0.4) is 0 Å². The number of amides is 1. The van der Waals surface area contributed by atoms with E-state index in [4.69, 9.17) is 4.74 Å². The maximum atomic E-state index is 13.2. The largest absolute Gasteiger partial charge is 0.490 e. The Labute approximate surface area is 172 Å². The molecule has 29 heavy (non-hydrogen) atoms. The normalized spacial score (nSPS) is 14.6. The number of rotatable bonds is 8. The zero-order valence-corrected chi connectivity index (χ0v) is 17.7. The molecule has 0 atom stereocenters. The van der Waals surface area contributed by atoms with Crippen LogP contribution in [0.4, 0.5) is 5.69 Å². The minimum atomic E-state index is -3.75. The van der Waals surface area contributed by atoms with E-state index in [0.29, 0.717) is 12.3 Å². The summed E-state index contributed by atoms with van der Waals surface area (Å²) in [7, 11) is -3.75. The minimum absolute atomic E-state index is 0.0601. The number of nitrogens with one attached hydrogen (secondary N) is 2. The second-order valence-electron chi connectivity index (χ2n) is 7.28. The van der Waals surface area contributed by atoms with Crippen LogP contribution in [0.15, 0.2) is 52.3 Å². The number of carbonyl (C=O) groups excluding carboxylic acids is 1. The fourth-order valence-electron chi connectivity index (χ4n) is 3.53. The predicted molar refractivity (Wildman–Crippen MR) is 113 cm³/mol. The topological polar surface area (TPSA) is 84.5 Å². The zero-order valence-electron chi connectivity index (χ0n) is 16.9. The summed E-state index contributed by atoms with van der Waals surface area (Å²) >= 11 is 0. The van der Waals surface area contributed by atoms with Gasteiger partial charge in [-0.1, -0.05) is 36.6 Å². The molecular formula is C22H28N2O4S. The van der Waals surface area contributed by atoms with Gasteiger partial charge in [0, 0.05) is 6.04 Å². The van der Waals surface area contributed by atoms with E-state index in [2.05, 4.69) is 10.6 Å². The number of hydrogen-bond donors (Lipinski definition) is 2. The number of carbonyl (C=O) groups is 1. The highest BCUT2D eigenvalue weighted by molar-refractivity contribution is 7.91. The summed E-state index contributed by atoms with van der Waals surface area (Å²) in [6, 6.07) is 11.9. The Bertz CT molecular complexity index is 949. The zero-order chi connectivity index (χ0) is 20.9. The summed E-state index contributed by atoms with van der Waals surface area (Å²) in [6.07, 6.45) is 4.32. The maximum Gasteiger partial charge on any atom is 0.239 e. The molecule has 1 aliphatic rings. The van der Waals surface area contributed by atoms with E-state index in [1.165, 1.54) is 6.07 Å². The van der Waals surface area contributed by atoms with Gasteiger partial charge in [-0.2, -0.15) is 0 Å². The molecule has 0 spiro atoms. The molecule has 7 heteroatoms. The third-order valence-electron chi connectivity index (χ3n) is 5.05. The van der Waals surface area contributed by atoms with Gasteiger partial charge in [0.1, 0.15) is 4.90 Å².